The van der Waals surface area contributed by atoms with Gasteiger partial charge in [0.25, 0.3) is 0 Å². The van der Waals surface area contributed by atoms with Crippen molar-refractivity contribution in [2.75, 3.05) is 0 Å². The Morgan fingerprint density at radius 1 is 1.47 bits per heavy atom. The first-order chi connectivity index (χ1) is 7.84. The van der Waals surface area contributed by atoms with Crippen LogP contribution >= 0.6 is 0 Å². The lowest BCUT2D eigenvalue weighted by atomic mass is 10.1. The van der Waals surface area contributed by atoms with E-state index in [1.54, 1.807) is 13.8 Å². The summed E-state index contributed by atoms with van der Waals surface area (Å²) in [7, 11) is 0. The van der Waals surface area contributed by atoms with Gasteiger partial charge in [-0.3, -0.25) is 4.79 Å². The fourth-order valence-corrected chi connectivity index (χ4v) is 1.27. The molecule has 1 aromatic carbocycles. The Morgan fingerprint density at radius 3 is 2.65 bits per heavy atom. The standard InChI is InChI=1S/C13H13F2NO/c1-4-13(2,3)16-12(17)7-9-5-6-10(14)8-11(9)15/h1,5-6,8H,7H2,2-3H3,(H,16,17). The molecule has 0 saturated heterocycles. The summed E-state index contributed by atoms with van der Waals surface area (Å²) in [5.74, 6) is 0.584. The van der Waals surface area contributed by atoms with E-state index < -0.39 is 23.1 Å². The average molecular weight is 237 g/mol. The van der Waals surface area contributed by atoms with E-state index in [1.807, 2.05) is 0 Å². The van der Waals surface area contributed by atoms with Gasteiger partial charge in [0.2, 0.25) is 5.91 Å². The summed E-state index contributed by atoms with van der Waals surface area (Å²) in [5, 5.41) is 2.56. The first-order valence-corrected chi connectivity index (χ1v) is 5.07. The molecular weight excluding hydrogens is 224 g/mol. The van der Waals surface area contributed by atoms with Gasteiger partial charge < -0.3 is 5.32 Å². The molecule has 90 valence electrons. The second-order valence-electron chi connectivity index (χ2n) is 4.23. The van der Waals surface area contributed by atoms with Crippen molar-refractivity contribution in [2.24, 2.45) is 0 Å². The molecule has 1 N–H and O–H groups in total. The van der Waals surface area contributed by atoms with Gasteiger partial charge in [-0.05, 0) is 25.5 Å². The predicted molar refractivity (Wildman–Crippen MR) is 61.1 cm³/mol. The number of nitrogens with one attached hydrogen (secondary N) is 1. The number of hydrogen-bond donors (Lipinski definition) is 1. The van der Waals surface area contributed by atoms with Crippen molar-refractivity contribution < 1.29 is 13.6 Å². The predicted octanol–water partition coefficient (Wildman–Crippen LogP) is 2.04. The fraction of sp³-hybridized carbons (Fsp3) is 0.308. The van der Waals surface area contributed by atoms with Crippen LogP contribution < -0.4 is 5.32 Å². The fourth-order valence-electron chi connectivity index (χ4n) is 1.27. The Bertz CT molecular complexity index is 475. The smallest absolute Gasteiger partial charge is 0.225 e. The van der Waals surface area contributed by atoms with Gasteiger partial charge in [-0.2, -0.15) is 0 Å². The lowest BCUT2D eigenvalue weighted by molar-refractivity contribution is -0.121. The van der Waals surface area contributed by atoms with E-state index in [1.165, 1.54) is 6.07 Å². The maximum atomic E-state index is 13.3. The zero-order valence-corrected chi connectivity index (χ0v) is 9.68. The van der Waals surface area contributed by atoms with Gasteiger partial charge in [0.15, 0.2) is 0 Å². The van der Waals surface area contributed by atoms with E-state index in [4.69, 9.17) is 6.42 Å². The maximum absolute atomic E-state index is 13.3. The Kier molecular flexibility index (Phi) is 3.84. The summed E-state index contributed by atoms with van der Waals surface area (Å²) >= 11 is 0. The number of amides is 1. The van der Waals surface area contributed by atoms with Gasteiger partial charge in [0, 0.05) is 6.07 Å². The lowest BCUT2D eigenvalue weighted by Gasteiger charge is -2.19. The van der Waals surface area contributed by atoms with Crippen molar-refractivity contribution in [2.45, 2.75) is 25.8 Å². The minimum absolute atomic E-state index is 0.136. The number of halogens is 2. The van der Waals surface area contributed by atoms with E-state index in [9.17, 15) is 13.6 Å². The summed E-state index contributed by atoms with van der Waals surface area (Å²) in [6.45, 7) is 3.32. The molecule has 0 aromatic heterocycles. The second-order valence-corrected chi connectivity index (χ2v) is 4.23. The van der Waals surface area contributed by atoms with E-state index in [-0.39, 0.29) is 12.0 Å². The molecule has 0 fully saturated rings. The van der Waals surface area contributed by atoms with E-state index in [2.05, 4.69) is 11.2 Å². The van der Waals surface area contributed by atoms with E-state index in [0.29, 0.717) is 0 Å². The van der Waals surface area contributed by atoms with E-state index >= 15 is 0 Å². The van der Waals surface area contributed by atoms with Crippen LogP contribution in [-0.2, 0) is 11.2 Å². The highest BCUT2D eigenvalue weighted by Gasteiger charge is 2.18. The number of carbonyl (C=O) groups excluding carboxylic acids is 1. The molecule has 0 spiro atoms. The molecule has 2 nitrogen and oxygen atoms in total. The quantitative estimate of drug-likeness (QED) is 0.801. The minimum Gasteiger partial charge on any atom is -0.340 e. The molecule has 4 heteroatoms. The van der Waals surface area contributed by atoms with Crippen LogP contribution in [0.4, 0.5) is 8.78 Å². The third-order valence-electron chi connectivity index (χ3n) is 2.18. The first-order valence-electron chi connectivity index (χ1n) is 5.07. The van der Waals surface area contributed by atoms with Gasteiger partial charge in [-0.1, -0.05) is 12.0 Å². The van der Waals surface area contributed by atoms with Crippen molar-refractivity contribution >= 4 is 5.91 Å². The van der Waals surface area contributed by atoms with E-state index in [0.717, 1.165) is 12.1 Å². The molecule has 0 radical (unpaired) electrons. The minimum atomic E-state index is -0.784. The van der Waals surface area contributed by atoms with Gasteiger partial charge in [0.1, 0.15) is 11.6 Å². The highest BCUT2D eigenvalue weighted by atomic mass is 19.1. The summed E-state index contributed by atoms with van der Waals surface area (Å²) in [5.41, 5.74) is -0.648. The monoisotopic (exact) mass is 237 g/mol. The number of rotatable bonds is 3. The highest BCUT2D eigenvalue weighted by molar-refractivity contribution is 5.79. The molecule has 0 aliphatic heterocycles. The molecule has 1 rings (SSSR count). The zero-order valence-electron chi connectivity index (χ0n) is 9.68. The van der Waals surface area contributed by atoms with Gasteiger partial charge in [0.05, 0.1) is 12.0 Å². The topological polar surface area (TPSA) is 29.1 Å². The molecule has 0 heterocycles. The van der Waals surface area contributed by atoms with Crippen LogP contribution in [0.5, 0.6) is 0 Å². The summed E-state index contributed by atoms with van der Waals surface area (Å²) in [6.07, 6.45) is 5.04. The molecule has 0 atom stereocenters. The SMILES string of the molecule is C#CC(C)(C)NC(=O)Cc1ccc(F)cc1F. The Labute approximate surface area is 99.0 Å². The van der Waals surface area contributed by atoms with Crippen molar-refractivity contribution in [3.63, 3.8) is 0 Å². The number of hydrogen-bond acceptors (Lipinski definition) is 1. The van der Waals surface area contributed by atoms with Crippen LogP contribution in [-0.4, -0.2) is 11.4 Å². The van der Waals surface area contributed by atoms with Crippen molar-refractivity contribution in [1.82, 2.24) is 5.32 Å². The maximum Gasteiger partial charge on any atom is 0.225 e. The molecule has 1 aromatic rings. The Hall–Kier alpha value is -1.89. The van der Waals surface area contributed by atoms with Crippen LogP contribution in [0.3, 0.4) is 0 Å². The molecular formula is C13H13F2NO. The summed E-state index contributed by atoms with van der Waals surface area (Å²) in [6, 6.07) is 3.10. The summed E-state index contributed by atoms with van der Waals surface area (Å²) < 4.78 is 25.9. The third-order valence-corrected chi connectivity index (χ3v) is 2.18. The number of carbonyl (C=O) groups is 1. The van der Waals surface area contributed by atoms with Crippen molar-refractivity contribution in [1.29, 1.82) is 0 Å². The van der Waals surface area contributed by atoms with Crippen molar-refractivity contribution in [3.8, 4) is 12.3 Å². The largest absolute Gasteiger partial charge is 0.340 e. The van der Waals surface area contributed by atoms with Crippen LogP contribution in [0.15, 0.2) is 18.2 Å². The molecule has 0 aliphatic rings. The first kappa shape index (κ1) is 13.2. The molecule has 0 bridgehead atoms. The summed E-state index contributed by atoms with van der Waals surface area (Å²) in [4.78, 5) is 11.6. The van der Waals surface area contributed by atoms with Gasteiger partial charge in [-0.25, -0.2) is 8.78 Å². The van der Waals surface area contributed by atoms with Crippen molar-refractivity contribution in [3.05, 3.63) is 35.4 Å². The normalized spacial score (nSPS) is 10.8. The molecule has 0 aliphatic carbocycles. The number of benzene rings is 1. The molecule has 0 unspecified atom stereocenters. The second kappa shape index (κ2) is 4.96. The zero-order chi connectivity index (χ0) is 13.1. The lowest BCUT2D eigenvalue weighted by Crippen LogP contribution is -2.42. The average Bonchev–Trinajstić information content (AvgIpc) is 2.21. The van der Waals surface area contributed by atoms with Gasteiger partial charge >= 0.3 is 0 Å². The van der Waals surface area contributed by atoms with Crippen LogP contribution in [0.25, 0.3) is 0 Å². The van der Waals surface area contributed by atoms with Crippen LogP contribution in [0.2, 0.25) is 0 Å². The van der Waals surface area contributed by atoms with Crippen LogP contribution in [0.1, 0.15) is 19.4 Å². The van der Waals surface area contributed by atoms with Gasteiger partial charge in [-0.15, -0.1) is 6.42 Å². The molecule has 0 saturated carbocycles. The Balaban J connectivity index is 2.73. The van der Waals surface area contributed by atoms with Crippen LogP contribution in [0, 0.1) is 24.0 Å². The number of terminal acetylenes is 1. The Morgan fingerprint density at radius 2 is 2.12 bits per heavy atom. The highest BCUT2D eigenvalue weighted by Crippen LogP contribution is 2.10. The molecule has 17 heavy (non-hydrogen) atoms. The molecule has 1 amide bonds. The third kappa shape index (κ3) is 3.87.